The van der Waals surface area contributed by atoms with Crippen LogP contribution in [0.25, 0.3) is 0 Å². The van der Waals surface area contributed by atoms with Gasteiger partial charge in [-0.05, 0) is 43.7 Å². The number of benzene rings is 1. The van der Waals surface area contributed by atoms with Crippen molar-refractivity contribution in [2.24, 2.45) is 5.73 Å². The Bertz CT molecular complexity index is 382. The molecule has 0 spiro atoms. The van der Waals surface area contributed by atoms with Gasteiger partial charge in [0.25, 0.3) is 0 Å². The summed E-state index contributed by atoms with van der Waals surface area (Å²) in [5.74, 6) is -0.242. The number of nitrogens with two attached hydrogens (primary N) is 1. The Balaban J connectivity index is 2.58. The maximum atomic E-state index is 12.0. The molecule has 0 aliphatic heterocycles. The van der Waals surface area contributed by atoms with Gasteiger partial charge in [0.2, 0.25) is 0 Å². The van der Waals surface area contributed by atoms with E-state index in [-0.39, 0.29) is 11.8 Å². The Morgan fingerprint density at radius 1 is 1.25 bits per heavy atom. The number of hydrogen-bond acceptors (Lipinski definition) is 4. The molecular weight excluding hydrogens is 273 g/mol. The van der Waals surface area contributed by atoms with E-state index in [2.05, 4.69) is 10.1 Å². The molecule has 0 bridgehead atoms. The molecule has 0 saturated carbocycles. The first-order chi connectivity index (χ1) is 9.44. The monoisotopic (exact) mass is 292 g/mol. The molecule has 1 aromatic carbocycles. The molecule has 0 amide bonds. The third-order valence-electron chi connectivity index (χ3n) is 2.58. The zero-order chi connectivity index (χ0) is 15.0. The molecular formula is C13H19F3N2O2. The lowest BCUT2D eigenvalue weighted by Gasteiger charge is -2.19. The molecule has 0 aliphatic carbocycles. The van der Waals surface area contributed by atoms with Gasteiger partial charge in [0.05, 0.1) is 6.61 Å². The zero-order valence-corrected chi connectivity index (χ0v) is 11.2. The lowest BCUT2D eigenvalue weighted by molar-refractivity contribution is -0.274. The van der Waals surface area contributed by atoms with Crippen LogP contribution in [0.15, 0.2) is 24.3 Å². The van der Waals surface area contributed by atoms with Crippen LogP contribution in [0.4, 0.5) is 18.9 Å². The van der Waals surface area contributed by atoms with Crippen molar-refractivity contribution in [3.63, 3.8) is 0 Å². The van der Waals surface area contributed by atoms with Gasteiger partial charge in [-0.3, -0.25) is 0 Å². The first-order valence-corrected chi connectivity index (χ1v) is 6.26. The molecule has 3 N–H and O–H groups in total. The van der Waals surface area contributed by atoms with Gasteiger partial charge >= 0.3 is 6.36 Å². The van der Waals surface area contributed by atoms with Crippen molar-refractivity contribution < 1.29 is 22.6 Å². The van der Waals surface area contributed by atoms with Gasteiger partial charge < -0.3 is 20.5 Å². The van der Waals surface area contributed by atoms with Crippen LogP contribution in [0.2, 0.25) is 0 Å². The standard InChI is InChI=1S/C13H19F3N2O2/c1-19-9-11(3-2-8-17)18-10-4-6-12(7-5-10)20-13(14,15)16/h4-7,11,18H,2-3,8-9,17H2,1H3. The Morgan fingerprint density at radius 2 is 1.90 bits per heavy atom. The van der Waals surface area contributed by atoms with Crippen LogP contribution < -0.4 is 15.8 Å². The topological polar surface area (TPSA) is 56.5 Å². The summed E-state index contributed by atoms with van der Waals surface area (Å²) < 4.78 is 45.0. The number of ether oxygens (including phenoxy) is 2. The number of hydrogen-bond donors (Lipinski definition) is 2. The predicted molar refractivity (Wildman–Crippen MR) is 70.7 cm³/mol. The highest BCUT2D eigenvalue weighted by Gasteiger charge is 2.30. The third kappa shape index (κ3) is 6.63. The minimum Gasteiger partial charge on any atom is -0.406 e. The molecule has 1 rings (SSSR count). The van der Waals surface area contributed by atoms with Crippen molar-refractivity contribution in [2.45, 2.75) is 25.2 Å². The second kappa shape index (κ2) is 7.96. The van der Waals surface area contributed by atoms with Crippen molar-refractivity contribution >= 4 is 5.69 Å². The van der Waals surface area contributed by atoms with Gasteiger partial charge in [0, 0.05) is 18.8 Å². The van der Waals surface area contributed by atoms with Gasteiger partial charge in [0.1, 0.15) is 5.75 Å². The summed E-state index contributed by atoms with van der Waals surface area (Å²) >= 11 is 0. The Morgan fingerprint density at radius 3 is 2.40 bits per heavy atom. The molecule has 1 aromatic rings. The van der Waals surface area contributed by atoms with Crippen molar-refractivity contribution in [2.75, 3.05) is 25.6 Å². The molecule has 7 heteroatoms. The fourth-order valence-corrected chi connectivity index (χ4v) is 1.75. The third-order valence-corrected chi connectivity index (χ3v) is 2.58. The predicted octanol–water partition coefficient (Wildman–Crippen LogP) is 2.75. The molecule has 1 unspecified atom stereocenters. The van der Waals surface area contributed by atoms with E-state index in [1.807, 2.05) is 0 Å². The summed E-state index contributed by atoms with van der Waals surface area (Å²) in [6.07, 6.45) is -3.00. The number of anilines is 1. The molecule has 0 aromatic heterocycles. The lowest BCUT2D eigenvalue weighted by Crippen LogP contribution is -2.25. The average molecular weight is 292 g/mol. The van der Waals surface area contributed by atoms with E-state index in [9.17, 15) is 13.2 Å². The number of halogens is 3. The second-order valence-electron chi connectivity index (χ2n) is 4.30. The van der Waals surface area contributed by atoms with Crippen molar-refractivity contribution in [1.82, 2.24) is 0 Å². The zero-order valence-electron chi connectivity index (χ0n) is 11.2. The van der Waals surface area contributed by atoms with Gasteiger partial charge in [-0.25, -0.2) is 0 Å². The lowest BCUT2D eigenvalue weighted by atomic mass is 10.1. The molecule has 20 heavy (non-hydrogen) atoms. The molecule has 0 heterocycles. The van der Waals surface area contributed by atoms with Crippen molar-refractivity contribution in [1.29, 1.82) is 0 Å². The summed E-state index contributed by atoms with van der Waals surface area (Å²) in [4.78, 5) is 0. The number of alkyl halides is 3. The van der Waals surface area contributed by atoms with E-state index < -0.39 is 6.36 Å². The van der Waals surface area contributed by atoms with Crippen LogP contribution >= 0.6 is 0 Å². The largest absolute Gasteiger partial charge is 0.573 e. The first kappa shape index (κ1) is 16.6. The van der Waals surface area contributed by atoms with E-state index in [1.54, 1.807) is 7.11 Å². The average Bonchev–Trinajstić information content (AvgIpc) is 2.37. The van der Waals surface area contributed by atoms with Gasteiger partial charge in [-0.1, -0.05) is 0 Å². The van der Waals surface area contributed by atoms with Crippen molar-refractivity contribution in [3.8, 4) is 5.75 Å². The minimum atomic E-state index is -4.67. The summed E-state index contributed by atoms with van der Waals surface area (Å²) in [6.45, 7) is 1.08. The van der Waals surface area contributed by atoms with E-state index in [4.69, 9.17) is 10.5 Å². The SMILES string of the molecule is COCC(CCCN)Nc1ccc(OC(F)(F)F)cc1. The van der Waals surface area contributed by atoms with E-state index in [0.29, 0.717) is 18.8 Å². The molecule has 0 saturated heterocycles. The van der Waals surface area contributed by atoms with Crippen LogP contribution in [-0.2, 0) is 4.74 Å². The van der Waals surface area contributed by atoms with Gasteiger partial charge in [-0.2, -0.15) is 0 Å². The molecule has 0 radical (unpaired) electrons. The highest BCUT2D eigenvalue weighted by atomic mass is 19.4. The van der Waals surface area contributed by atoms with Crippen LogP contribution in [-0.4, -0.2) is 32.7 Å². The van der Waals surface area contributed by atoms with E-state index in [1.165, 1.54) is 24.3 Å². The molecule has 4 nitrogen and oxygen atoms in total. The highest BCUT2D eigenvalue weighted by Crippen LogP contribution is 2.24. The Kier molecular flexibility index (Phi) is 6.60. The van der Waals surface area contributed by atoms with Crippen molar-refractivity contribution in [3.05, 3.63) is 24.3 Å². The van der Waals surface area contributed by atoms with Crippen LogP contribution in [0.5, 0.6) is 5.75 Å². The quantitative estimate of drug-likeness (QED) is 0.773. The smallest absolute Gasteiger partial charge is 0.406 e. The fraction of sp³-hybridized carbons (Fsp3) is 0.538. The number of rotatable bonds is 8. The maximum absolute atomic E-state index is 12.0. The van der Waals surface area contributed by atoms with Gasteiger partial charge in [0.15, 0.2) is 0 Å². The molecule has 0 aliphatic rings. The summed E-state index contributed by atoms with van der Waals surface area (Å²) in [5, 5.41) is 3.19. The Hall–Kier alpha value is -1.47. The van der Waals surface area contributed by atoms with E-state index in [0.717, 1.165) is 12.8 Å². The summed E-state index contributed by atoms with van der Waals surface area (Å²) in [5.41, 5.74) is 6.16. The van der Waals surface area contributed by atoms with E-state index >= 15 is 0 Å². The summed E-state index contributed by atoms with van der Waals surface area (Å²) in [7, 11) is 1.59. The number of nitrogens with one attached hydrogen (secondary N) is 1. The second-order valence-corrected chi connectivity index (χ2v) is 4.30. The molecule has 1 atom stereocenters. The maximum Gasteiger partial charge on any atom is 0.573 e. The Labute approximate surface area is 116 Å². The number of methoxy groups -OCH3 is 1. The van der Waals surface area contributed by atoms with Crippen LogP contribution in [0.1, 0.15) is 12.8 Å². The highest BCUT2D eigenvalue weighted by molar-refractivity contribution is 5.47. The molecule has 114 valence electrons. The summed E-state index contributed by atoms with van der Waals surface area (Å²) in [6, 6.07) is 5.67. The van der Waals surface area contributed by atoms with Gasteiger partial charge in [-0.15, -0.1) is 13.2 Å². The molecule has 0 fully saturated rings. The minimum absolute atomic E-state index is 0.0675. The first-order valence-electron chi connectivity index (χ1n) is 6.26. The normalized spacial score (nSPS) is 13.1. The fourth-order valence-electron chi connectivity index (χ4n) is 1.75. The van der Waals surface area contributed by atoms with Crippen LogP contribution in [0, 0.1) is 0 Å². The van der Waals surface area contributed by atoms with Crippen LogP contribution in [0.3, 0.4) is 0 Å².